The third kappa shape index (κ3) is 3.91. The van der Waals surface area contributed by atoms with Crippen LogP contribution in [0.25, 0.3) is 0 Å². The lowest BCUT2D eigenvalue weighted by atomic mass is 10.1. The highest BCUT2D eigenvalue weighted by molar-refractivity contribution is 5.78. The Balaban J connectivity index is 1.96. The number of carbonyl (C=O) groups excluding carboxylic acids is 1. The maximum atomic E-state index is 12.6. The number of piperazine rings is 1. The van der Waals surface area contributed by atoms with Crippen LogP contribution < -0.4 is 10.1 Å². The Morgan fingerprint density at radius 1 is 1.41 bits per heavy atom. The van der Waals surface area contributed by atoms with Crippen molar-refractivity contribution in [3.05, 3.63) is 29.8 Å². The number of ether oxygens (including phenoxy) is 1. The number of nitrogens with zero attached hydrogens (tertiary/aromatic N) is 1. The van der Waals surface area contributed by atoms with E-state index in [1.54, 1.807) is 4.90 Å². The molecule has 0 aromatic heterocycles. The molecule has 1 amide bonds. The molecule has 1 N–H and O–H groups in total. The molecule has 1 heterocycles. The zero-order valence-corrected chi connectivity index (χ0v) is 12.5. The molecule has 7 heteroatoms. The number of hydrogen-bond donors (Lipinski definition) is 1. The van der Waals surface area contributed by atoms with Crippen LogP contribution in [0.5, 0.6) is 5.75 Å². The van der Waals surface area contributed by atoms with Gasteiger partial charge in [-0.05, 0) is 32.0 Å². The number of halogens is 3. The van der Waals surface area contributed by atoms with Crippen LogP contribution in [0.15, 0.2) is 24.3 Å². The zero-order chi connectivity index (χ0) is 16.3. The van der Waals surface area contributed by atoms with Crippen LogP contribution in [0.4, 0.5) is 13.2 Å². The number of amides is 1. The van der Waals surface area contributed by atoms with Gasteiger partial charge in [0.2, 0.25) is 0 Å². The van der Waals surface area contributed by atoms with Gasteiger partial charge >= 0.3 is 6.18 Å². The predicted octanol–water partition coefficient (Wildman–Crippen LogP) is 2.29. The molecule has 0 bridgehead atoms. The van der Waals surface area contributed by atoms with E-state index in [4.69, 9.17) is 4.74 Å². The van der Waals surface area contributed by atoms with Crippen molar-refractivity contribution in [1.82, 2.24) is 10.2 Å². The number of rotatable bonds is 3. The first kappa shape index (κ1) is 16.6. The number of nitrogens with one attached hydrogen (secondary N) is 1. The summed E-state index contributed by atoms with van der Waals surface area (Å²) in [6.45, 7) is 4.91. The van der Waals surface area contributed by atoms with Crippen molar-refractivity contribution >= 4 is 5.91 Å². The molecular weight excluding hydrogens is 297 g/mol. The van der Waals surface area contributed by atoms with Crippen LogP contribution in [0.1, 0.15) is 19.4 Å². The van der Waals surface area contributed by atoms with Gasteiger partial charge in [0.25, 0.3) is 5.91 Å². The average Bonchev–Trinajstić information content (AvgIpc) is 2.47. The van der Waals surface area contributed by atoms with Gasteiger partial charge < -0.3 is 15.0 Å². The van der Waals surface area contributed by atoms with E-state index in [0.717, 1.165) is 12.1 Å². The van der Waals surface area contributed by atoms with Gasteiger partial charge in [-0.3, -0.25) is 4.79 Å². The van der Waals surface area contributed by atoms with Crippen LogP contribution in [0.2, 0.25) is 0 Å². The standard InChI is InChI=1S/C15H19F3N2O2/c1-10-11(2)20(7-6-19-10)14(21)9-22-13-5-3-4-12(8-13)15(16,17)18/h3-5,8,10-11,19H,6-7,9H2,1-2H3. The van der Waals surface area contributed by atoms with E-state index in [-0.39, 0.29) is 30.3 Å². The van der Waals surface area contributed by atoms with E-state index >= 15 is 0 Å². The van der Waals surface area contributed by atoms with E-state index in [2.05, 4.69) is 5.32 Å². The normalized spacial score (nSPS) is 22.5. The van der Waals surface area contributed by atoms with Crippen LogP contribution in [0, 0.1) is 0 Å². The van der Waals surface area contributed by atoms with Crippen molar-refractivity contribution < 1.29 is 22.7 Å². The summed E-state index contributed by atoms with van der Waals surface area (Å²) in [5.74, 6) is -0.183. The topological polar surface area (TPSA) is 41.6 Å². The Kier molecular flexibility index (Phi) is 4.95. The molecule has 2 rings (SSSR count). The van der Waals surface area contributed by atoms with Crippen molar-refractivity contribution in [2.45, 2.75) is 32.1 Å². The molecule has 1 saturated heterocycles. The largest absolute Gasteiger partial charge is 0.484 e. The molecular formula is C15H19F3N2O2. The minimum atomic E-state index is -4.42. The molecule has 0 radical (unpaired) electrons. The maximum absolute atomic E-state index is 12.6. The fourth-order valence-corrected chi connectivity index (χ4v) is 2.40. The molecule has 1 fully saturated rings. The Labute approximate surface area is 127 Å². The highest BCUT2D eigenvalue weighted by Crippen LogP contribution is 2.31. The summed E-state index contributed by atoms with van der Waals surface area (Å²) in [4.78, 5) is 13.8. The molecule has 2 unspecified atom stereocenters. The van der Waals surface area contributed by atoms with Crippen molar-refractivity contribution in [2.24, 2.45) is 0 Å². The molecule has 4 nitrogen and oxygen atoms in total. The Morgan fingerprint density at radius 2 is 2.14 bits per heavy atom. The molecule has 122 valence electrons. The first-order chi connectivity index (χ1) is 10.3. The second kappa shape index (κ2) is 6.56. The van der Waals surface area contributed by atoms with Gasteiger partial charge in [0.1, 0.15) is 5.75 Å². The van der Waals surface area contributed by atoms with Gasteiger partial charge in [-0.2, -0.15) is 13.2 Å². The zero-order valence-electron chi connectivity index (χ0n) is 12.5. The minimum absolute atomic E-state index is 0.0198. The average molecular weight is 316 g/mol. The van der Waals surface area contributed by atoms with Crippen LogP contribution in [-0.2, 0) is 11.0 Å². The van der Waals surface area contributed by atoms with Gasteiger partial charge in [0.15, 0.2) is 6.61 Å². The van der Waals surface area contributed by atoms with Gasteiger partial charge in [0, 0.05) is 25.2 Å². The maximum Gasteiger partial charge on any atom is 0.416 e. The molecule has 0 spiro atoms. The molecule has 2 atom stereocenters. The van der Waals surface area contributed by atoms with Gasteiger partial charge in [0.05, 0.1) is 5.56 Å². The molecule has 1 aromatic carbocycles. The lowest BCUT2D eigenvalue weighted by Crippen LogP contribution is -2.58. The highest BCUT2D eigenvalue weighted by atomic mass is 19.4. The molecule has 1 aliphatic rings. The van der Waals surface area contributed by atoms with Crippen molar-refractivity contribution in [3.8, 4) is 5.75 Å². The molecule has 1 aromatic rings. The van der Waals surface area contributed by atoms with E-state index in [9.17, 15) is 18.0 Å². The number of benzene rings is 1. The number of alkyl halides is 3. The van der Waals surface area contributed by atoms with Crippen molar-refractivity contribution in [3.63, 3.8) is 0 Å². The van der Waals surface area contributed by atoms with E-state index in [1.165, 1.54) is 12.1 Å². The summed E-state index contributed by atoms with van der Waals surface area (Å²) in [7, 11) is 0. The second-order valence-corrected chi connectivity index (χ2v) is 5.38. The summed E-state index contributed by atoms with van der Waals surface area (Å²) in [5, 5.41) is 3.25. The molecule has 22 heavy (non-hydrogen) atoms. The third-order valence-electron chi connectivity index (χ3n) is 3.88. The predicted molar refractivity (Wildman–Crippen MR) is 75.6 cm³/mol. The van der Waals surface area contributed by atoms with E-state index in [0.29, 0.717) is 13.1 Å². The number of carbonyl (C=O) groups is 1. The Morgan fingerprint density at radius 3 is 2.82 bits per heavy atom. The van der Waals surface area contributed by atoms with Crippen molar-refractivity contribution in [2.75, 3.05) is 19.7 Å². The van der Waals surface area contributed by atoms with E-state index in [1.807, 2.05) is 13.8 Å². The fourth-order valence-electron chi connectivity index (χ4n) is 2.40. The molecule has 0 saturated carbocycles. The van der Waals surface area contributed by atoms with Gasteiger partial charge in [-0.15, -0.1) is 0 Å². The van der Waals surface area contributed by atoms with Crippen LogP contribution >= 0.6 is 0 Å². The smallest absolute Gasteiger partial charge is 0.416 e. The molecule has 1 aliphatic heterocycles. The quantitative estimate of drug-likeness (QED) is 0.930. The lowest BCUT2D eigenvalue weighted by Gasteiger charge is -2.38. The summed E-state index contributed by atoms with van der Waals surface area (Å²) in [6.07, 6.45) is -4.42. The lowest BCUT2D eigenvalue weighted by molar-refractivity contribution is -0.137. The minimum Gasteiger partial charge on any atom is -0.484 e. The fraction of sp³-hybridized carbons (Fsp3) is 0.533. The third-order valence-corrected chi connectivity index (χ3v) is 3.88. The second-order valence-electron chi connectivity index (χ2n) is 5.38. The first-order valence-electron chi connectivity index (χ1n) is 7.12. The SMILES string of the molecule is CC1NCCN(C(=O)COc2cccc(C(F)(F)F)c2)C1C. The summed E-state index contributed by atoms with van der Waals surface area (Å²) in [5.41, 5.74) is -0.790. The monoisotopic (exact) mass is 316 g/mol. The summed E-state index contributed by atoms with van der Waals surface area (Å²) < 4.78 is 43.1. The van der Waals surface area contributed by atoms with Crippen molar-refractivity contribution in [1.29, 1.82) is 0 Å². The van der Waals surface area contributed by atoms with Gasteiger partial charge in [-0.1, -0.05) is 6.07 Å². The highest BCUT2D eigenvalue weighted by Gasteiger charge is 2.31. The summed E-state index contributed by atoms with van der Waals surface area (Å²) in [6, 6.07) is 4.73. The Bertz CT molecular complexity index is 534. The first-order valence-corrected chi connectivity index (χ1v) is 7.12. The van der Waals surface area contributed by atoms with E-state index < -0.39 is 11.7 Å². The Hall–Kier alpha value is -1.76. The number of hydrogen-bond acceptors (Lipinski definition) is 3. The summed E-state index contributed by atoms with van der Waals surface area (Å²) >= 11 is 0. The van der Waals surface area contributed by atoms with Crippen LogP contribution in [0.3, 0.4) is 0 Å². The molecule has 0 aliphatic carbocycles. The van der Waals surface area contributed by atoms with Crippen LogP contribution in [-0.4, -0.2) is 42.6 Å². The van der Waals surface area contributed by atoms with Gasteiger partial charge in [-0.25, -0.2) is 0 Å².